The molecule has 0 radical (unpaired) electrons. The van der Waals surface area contributed by atoms with Gasteiger partial charge >= 0.3 is 0 Å². The van der Waals surface area contributed by atoms with Crippen molar-refractivity contribution in [3.8, 4) is 0 Å². The van der Waals surface area contributed by atoms with Crippen molar-refractivity contribution >= 4 is 0 Å². The molecule has 0 aromatic rings. The van der Waals surface area contributed by atoms with E-state index in [-0.39, 0.29) is 16.9 Å². The Morgan fingerprint density at radius 1 is 0.761 bits per heavy atom. The Morgan fingerprint density at radius 2 is 1.35 bits per heavy atom. The number of allylic oxidation sites excluding steroid dienone is 2. The zero-order chi connectivity index (χ0) is 33.3. The lowest BCUT2D eigenvalue weighted by Crippen LogP contribution is -2.62. The molecule has 3 saturated carbocycles. The van der Waals surface area contributed by atoms with E-state index in [1.165, 1.54) is 14.2 Å². The molecule has 0 aromatic carbocycles. The van der Waals surface area contributed by atoms with Gasteiger partial charge in [-0.1, -0.05) is 26.0 Å². The predicted molar refractivity (Wildman–Crippen MR) is 166 cm³/mol. The van der Waals surface area contributed by atoms with E-state index in [1.807, 2.05) is 6.92 Å². The summed E-state index contributed by atoms with van der Waals surface area (Å²) in [5.74, 6) is 1.45. The third-order valence-corrected chi connectivity index (χ3v) is 13.8. The molecular weight excluding hydrogens is 596 g/mol. The summed E-state index contributed by atoms with van der Waals surface area (Å²) in [6.07, 6.45) is 1.54. The van der Waals surface area contributed by atoms with Gasteiger partial charge in [0, 0.05) is 19.6 Å². The van der Waals surface area contributed by atoms with E-state index in [0.29, 0.717) is 30.1 Å². The van der Waals surface area contributed by atoms with Crippen molar-refractivity contribution in [3.63, 3.8) is 0 Å². The lowest BCUT2D eigenvalue weighted by molar-refractivity contribution is -0.325. The molecule has 0 amide bonds. The molecule has 5 fully saturated rings. The molecule has 0 spiro atoms. The number of ether oxygens (including phenoxy) is 6. The van der Waals surface area contributed by atoms with Gasteiger partial charge in [0.15, 0.2) is 12.6 Å². The molecule has 2 saturated heterocycles. The minimum absolute atomic E-state index is 0.0683. The first-order chi connectivity index (χ1) is 21.7. The van der Waals surface area contributed by atoms with Crippen molar-refractivity contribution in [1.29, 1.82) is 0 Å². The van der Waals surface area contributed by atoms with Gasteiger partial charge in [-0.3, -0.25) is 0 Å². The quantitative estimate of drug-likeness (QED) is 0.257. The first-order valence-corrected chi connectivity index (χ1v) is 17.5. The number of rotatable bonds is 7. The molecule has 4 aliphatic carbocycles. The summed E-state index contributed by atoms with van der Waals surface area (Å²) in [5.41, 5.74) is -1.38. The first kappa shape index (κ1) is 35.1. The number of fused-ring (bicyclic) bond motifs is 5. The van der Waals surface area contributed by atoms with Crippen LogP contribution in [0.3, 0.4) is 0 Å². The number of aliphatic hydroxyl groups is 5. The van der Waals surface area contributed by atoms with Gasteiger partial charge < -0.3 is 54.0 Å². The van der Waals surface area contributed by atoms with Gasteiger partial charge in [-0.25, -0.2) is 0 Å². The standard InChI is InChI=1S/C35H58O11/c1-17-25(36)29(41-6)27(38)31(43-17)45-19(3)35(40)15-12-24-22-9-8-20-16-21(10-13-33(20,4)23(22)11-14-34(24,35)5)46-32-28(39)30(42-7)26(37)18(2)44-32/h8-9,17-32,36-40H,10-16H2,1-7H3/t17-,18-,19+,20+,21+,22-,23+,24+,25+,26+,27-,28-,29+,30+,31+,32+,33+,34+,35+/m1/s1. The third-order valence-electron chi connectivity index (χ3n) is 13.8. The first-order valence-electron chi connectivity index (χ1n) is 17.5. The molecular formula is C35H58O11. The van der Waals surface area contributed by atoms with E-state index in [9.17, 15) is 25.5 Å². The van der Waals surface area contributed by atoms with Gasteiger partial charge in [0.1, 0.15) is 36.6 Å². The Labute approximate surface area is 273 Å². The Kier molecular flexibility index (Phi) is 9.84. The number of methoxy groups -OCH3 is 2. The summed E-state index contributed by atoms with van der Waals surface area (Å²) in [6.45, 7) is 10.0. The number of hydrogen-bond donors (Lipinski definition) is 5. The highest BCUT2D eigenvalue weighted by molar-refractivity contribution is 5.21. The summed E-state index contributed by atoms with van der Waals surface area (Å²) in [4.78, 5) is 0. The Balaban J connectivity index is 1.14. The van der Waals surface area contributed by atoms with E-state index in [1.54, 1.807) is 13.8 Å². The maximum atomic E-state index is 12.4. The minimum atomic E-state index is -1.18. The van der Waals surface area contributed by atoms with Gasteiger partial charge in [-0.05, 0) is 94.8 Å². The van der Waals surface area contributed by atoms with Crippen molar-refractivity contribution < 1.29 is 54.0 Å². The molecule has 5 N–H and O–H groups in total. The van der Waals surface area contributed by atoms with Crippen molar-refractivity contribution in [2.45, 2.75) is 159 Å². The van der Waals surface area contributed by atoms with Crippen LogP contribution in [0.25, 0.3) is 0 Å². The highest BCUT2D eigenvalue weighted by atomic mass is 16.7. The van der Waals surface area contributed by atoms with Gasteiger partial charge in [-0.15, -0.1) is 0 Å². The normalized spacial score (nSPS) is 56.1. The molecule has 0 bridgehead atoms. The molecule has 264 valence electrons. The minimum Gasteiger partial charge on any atom is -0.388 e. The Morgan fingerprint density at radius 3 is 1.98 bits per heavy atom. The molecule has 11 heteroatoms. The lowest BCUT2D eigenvalue weighted by Gasteiger charge is -2.60. The topological polar surface area (TPSA) is 157 Å². The van der Waals surface area contributed by atoms with Crippen molar-refractivity contribution in [2.75, 3.05) is 14.2 Å². The van der Waals surface area contributed by atoms with E-state index >= 15 is 0 Å². The van der Waals surface area contributed by atoms with Crippen LogP contribution in [0.4, 0.5) is 0 Å². The van der Waals surface area contributed by atoms with Gasteiger partial charge in [0.2, 0.25) is 0 Å². The summed E-state index contributed by atoms with van der Waals surface area (Å²) < 4.78 is 35.1. The van der Waals surface area contributed by atoms with Crippen LogP contribution in [0.15, 0.2) is 12.2 Å². The summed E-state index contributed by atoms with van der Waals surface area (Å²) in [7, 11) is 2.93. The molecule has 0 aromatic heterocycles. The zero-order valence-corrected chi connectivity index (χ0v) is 28.5. The van der Waals surface area contributed by atoms with Gasteiger partial charge in [0.25, 0.3) is 0 Å². The molecule has 11 nitrogen and oxygen atoms in total. The second-order valence-corrected chi connectivity index (χ2v) is 15.8. The maximum Gasteiger partial charge on any atom is 0.186 e. The number of hydrogen-bond acceptors (Lipinski definition) is 11. The second kappa shape index (κ2) is 12.9. The molecule has 0 unspecified atom stereocenters. The fourth-order valence-electron chi connectivity index (χ4n) is 10.7. The third kappa shape index (κ3) is 5.44. The van der Waals surface area contributed by atoms with Crippen molar-refractivity contribution in [3.05, 3.63) is 12.2 Å². The zero-order valence-electron chi connectivity index (χ0n) is 28.5. The average molecular weight is 655 g/mol. The van der Waals surface area contributed by atoms with Crippen LogP contribution in [0.5, 0.6) is 0 Å². The Bertz CT molecular complexity index is 1110. The average Bonchev–Trinajstić information content (AvgIpc) is 3.30. The molecule has 6 aliphatic rings. The van der Waals surface area contributed by atoms with Crippen LogP contribution in [0.1, 0.15) is 79.6 Å². The summed E-state index contributed by atoms with van der Waals surface area (Å²) >= 11 is 0. The molecule has 46 heavy (non-hydrogen) atoms. The van der Waals surface area contributed by atoms with Crippen LogP contribution >= 0.6 is 0 Å². The van der Waals surface area contributed by atoms with E-state index in [2.05, 4.69) is 26.0 Å². The number of aliphatic hydroxyl groups excluding tert-OH is 4. The van der Waals surface area contributed by atoms with Crippen LogP contribution in [0.2, 0.25) is 0 Å². The van der Waals surface area contributed by atoms with Gasteiger partial charge in [-0.2, -0.15) is 0 Å². The van der Waals surface area contributed by atoms with Crippen LogP contribution < -0.4 is 0 Å². The van der Waals surface area contributed by atoms with E-state index in [4.69, 9.17) is 28.4 Å². The highest BCUT2D eigenvalue weighted by Gasteiger charge is 2.66. The molecule has 19 atom stereocenters. The summed E-state index contributed by atoms with van der Waals surface area (Å²) in [5, 5.41) is 54.9. The van der Waals surface area contributed by atoms with Crippen LogP contribution in [0, 0.1) is 34.5 Å². The monoisotopic (exact) mass is 654 g/mol. The summed E-state index contributed by atoms with van der Waals surface area (Å²) in [6, 6.07) is 0. The van der Waals surface area contributed by atoms with Crippen molar-refractivity contribution in [1.82, 2.24) is 0 Å². The SMILES string of the molecule is CO[C@H]1[C@@H](O)[C@@H](C)O[C@@H](O[C@H]2CC[C@@]3(C)[C@@H](C=C[C@@H]4[C@@H]3CC[C@@]3(C)[C@H]4CC[C@]3(O)[C@H](C)O[C@@H]3O[C@H](C)[C@H](O)[C@H](OC)[C@H]3O)C2)[C@@H]1O. The Hall–Kier alpha value is -0.700. The smallest absolute Gasteiger partial charge is 0.186 e. The van der Waals surface area contributed by atoms with Crippen LogP contribution in [-0.2, 0) is 28.4 Å². The van der Waals surface area contributed by atoms with Gasteiger partial charge in [0.05, 0.1) is 30.0 Å². The lowest BCUT2D eigenvalue weighted by atomic mass is 9.46. The molecule has 2 heterocycles. The fourth-order valence-corrected chi connectivity index (χ4v) is 10.7. The predicted octanol–water partition coefficient (Wildman–Crippen LogP) is 2.29. The maximum absolute atomic E-state index is 12.4. The second-order valence-electron chi connectivity index (χ2n) is 15.8. The van der Waals surface area contributed by atoms with Crippen LogP contribution in [-0.4, -0.2) is 119 Å². The highest BCUT2D eigenvalue weighted by Crippen LogP contribution is 2.67. The largest absolute Gasteiger partial charge is 0.388 e. The van der Waals surface area contributed by atoms with E-state index < -0.39 is 73.1 Å². The molecule has 6 rings (SSSR count). The molecule has 2 aliphatic heterocycles. The fraction of sp³-hybridized carbons (Fsp3) is 0.943. The van der Waals surface area contributed by atoms with Crippen molar-refractivity contribution in [2.24, 2.45) is 34.5 Å². The van der Waals surface area contributed by atoms with E-state index in [0.717, 1.165) is 38.5 Å².